The molecule has 0 aliphatic carbocycles. The smallest absolute Gasteiger partial charge is 0.262 e. The fourth-order valence-electron chi connectivity index (χ4n) is 3.16. The lowest BCUT2D eigenvalue weighted by molar-refractivity contribution is -0.0106. The molecule has 5 rings (SSSR count). The summed E-state index contributed by atoms with van der Waals surface area (Å²) in [6.45, 7) is 3.42. The summed E-state index contributed by atoms with van der Waals surface area (Å²) in [5.41, 5.74) is 0.684. The molecule has 4 nitrogen and oxygen atoms in total. The van der Waals surface area contributed by atoms with E-state index in [2.05, 4.69) is 10.1 Å². The first kappa shape index (κ1) is 11.6. The fraction of sp³-hybridized carbons (Fsp3) is 0.500. The molecule has 1 aromatic heterocycles. The van der Waals surface area contributed by atoms with Gasteiger partial charge < -0.3 is 9.26 Å². The summed E-state index contributed by atoms with van der Waals surface area (Å²) >= 11 is 5.94. The summed E-state index contributed by atoms with van der Waals surface area (Å²) in [6, 6.07) is 5.52. The van der Waals surface area contributed by atoms with Gasteiger partial charge in [0, 0.05) is 17.6 Å². The fourth-order valence-corrected chi connectivity index (χ4v) is 3.32. The topological polar surface area (TPSA) is 38.5 Å². The first-order valence-corrected chi connectivity index (χ1v) is 7.11. The molecule has 1 atom stereocenters. The van der Waals surface area contributed by atoms with Gasteiger partial charge in [-0.2, -0.15) is 0 Å². The molecular weight excluding hydrogens is 264 g/mol. The van der Waals surface area contributed by atoms with Crippen molar-refractivity contribution in [3.8, 4) is 5.88 Å². The first-order chi connectivity index (χ1) is 9.29. The Bertz CT molecular complexity index is 605. The number of piperidine rings is 3. The molecule has 3 saturated heterocycles. The van der Waals surface area contributed by atoms with Crippen molar-refractivity contribution in [2.75, 3.05) is 19.6 Å². The van der Waals surface area contributed by atoms with Crippen molar-refractivity contribution in [1.29, 1.82) is 0 Å². The highest BCUT2D eigenvalue weighted by molar-refractivity contribution is 6.31. The highest BCUT2D eigenvalue weighted by atomic mass is 35.5. The minimum Gasteiger partial charge on any atom is -0.470 e. The van der Waals surface area contributed by atoms with Crippen LogP contribution in [-0.2, 0) is 0 Å². The molecule has 3 fully saturated rings. The molecule has 0 spiro atoms. The Labute approximate surface area is 116 Å². The maximum absolute atomic E-state index is 6.09. The maximum Gasteiger partial charge on any atom is 0.262 e. The standard InChI is InChI=1S/C14H15ClN2O2/c15-10-1-2-11-12(7-10)19-16-14(11)18-13-8-17-5-3-9(13)4-6-17/h1-2,7,9,13H,3-6,8H2. The van der Waals surface area contributed by atoms with E-state index in [1.54, 1.807) is 6.07 Å². The molecule has 0 radical (unpaired) electrons. The van der Waals surface area contributed by atoms with E-state index in [1.165, 1.54) is 25.9 Å². The number of benzene rings is 1. The summed E-state index contributed by atoms with van der Waals surface area (Å²) in [5.74, 6) is 1.26. The highest BCUT2D eigenvalue weighted by Crippen LogP contribution is 2.33. The van der Waals surface area contributed by atoms with Crippen molar-refractivity contribution < 1.29 is 9.26 Å². The number of ether oxygens (including phenoxy) is 1. The third-order valence-corrected chi connectivity index (χ3v) is 4.50. The zero-order chi connectivity index (χ0) is 12.8. The number of nitrogens with zero attached hydrogens (tertiary/aromatic N) is 2. The number of hydrogen-bond acceptors (Lipinski definition) is 4. The molecule has 1 unspecified atom stereocenters. The Morgan fingerprint density at radius 1 is 1.32 bits per heavy atom. The van der Waals surface area contributed by atoms with Crippen molar-refractivity contribution in [2.24, 2.45) is 5.92 Å². The van der Waals surface area contributed by atoms with Crippen LogP contribution in [0.3, 0.4) is 0 Å². The van der Waals surface area contributed by atoms with E-state index in [1.807, 2.05) is 12.1 Å². The van der Waals surface area contributed by atoms with Crippen LogP contribution in [0.4, 0.5) is 0 Å². The molecule has 4 heterocycles. The van der Waals surface area contributed by atoms with E-state index in [-0.39, 0.29) is 6.10 Å². The molecule has 3 aliphatic heterocycles. The zero-order valence-corrected chi connectivity index (χ0v) is 11.3. The normalized spacial score (nSPS) is 29.8. The maximum atomic E-state index is 6.09. The van der Waals surface area contributed by atoms with Crippen molar-refractivity contribution in [3.05, 3.63) is 23.2 Å². The van der Waals surface area contributed by atoms with E-state index in [4.69, 9.17) is 20.9 Å². The Morgan fingerprint density at radius 2 is 2.16 bits per heavy atom. The van der Waals surface area contributed by atoms with Crippen molar-refractivity contribution in [1.82, 2.24) is 10.1 Å². The predicted octanol–water partition coefficient (Wildman–Crippen LogP) is 2.95. The number of fused-ring (bicyclic) bond motifs is 4. The zero-order valence-electron chi connectivity index (χ0n) is 10.5. The van der Waals surface area contributed by atoms with Gasteiger partial charge in [0.2, 0.25) is 0 Å². The number of rotatable bonds is 2. The quantitative estimate of drug-likeness (QED) is 0.847. The van der Waals surface area contributed by atoms with Crippen LogP contribution in [0.2, 0.25) is 5.02 Å². The van der Waals surface area contributed by atoms with Crippen molar-refractivity contribution in [3.63, 3.8) is 0 Å². The Balaban J connectivity index is 1.61. The summed E-state index contributed by atoms with van der Waals surface area (Å²) in [7, 11) is 0. The van der Waals surface area contributed by atoms with Crippen LogP contribution in [0.1, 0.15) is 12.8 Å². The minimum atomic E-state index is 0.242. The lowest BCUT2D eigenvalue weighted by Crippen LogP contribution is -2.52. The van der Waals surface area contributed by atoms with Crippen LogP contribution >= 0.6 is 11.6 Å². The molecule has 0 amide bonds. The van der Waals surface area contributed by atoms with Crippen LogP contribution in [0.5, 0.6) is 5.88 Å². The van der Waals surface area contributed by atoms with Crippen LogP contribution < -0.4 is 4.74 Å². The molecule has 2 bridgehead atoms. The third-order valence-electron chi connectivity index (χ3n) is 4.26. The van der Waals surface area contributed by atoms with E-state index in [0.717, 1.165) is 11.9 Å². The molecule has 0 saturated carbocycles. The van der Waals surface area contributed by atoms with E-state index >= 15 is 0 Å². The molecule has 19 heavy (non-hydrogen) atoms. The van der Waals surface area contributed by atoms with Gasteiger partial charge in [0.25, 0.3) is 5.88 Å². The molecule has 1 aromatic carbocycles. The second-order valence-electron chi connectivity index (χ2n) is 5.42. The van der Waals surface area contributed by atoms with Gasteiger partial charge in [0.05, 0.1) is 5.39 Å². The number of hydrogen-bond donors (Lipinski definition) is 0. The van der Waals surface area contributed by atoms with Gasteiger partial charge in [0.1, 0.15) is 6.10 Å². The monoisotopic (exact) mass is 278 g/mol. The van der Waals surface area contributed by atoms with Crippen LogP contribution in [0.25, 0.3) is 11.0 Å². The van der Waals surface area contributed by atoms with Gasteiger partial charge in [0.15, 0.2) is 5.58 Å². The average molecular weight is 279 g/mol. The van der Waals surface area contributed by atoms with Gasteiger partial charge in [-0.1, -0.05) is 11.6 Å². The van der Waals surface area contributed by atoms with Crippen LogP contribution in [-0.4, -0.2) is 35.8 Å². The summed E-state index contributed by atoms with van der Waals surface area (Å²) in [5, 5.41) is 5.59. The first-order valence-electron chi connectivity index (χ1n) is 6.73. The molecule has 0 N–H and O–H groups in total. The van der Waals surface area contributed by atoms with E-state index in [0.29, 0.717) is 22.4 Å². The minimum absolute atomic E-state index is 0.242. The van der Waals surface area contributed by atoms with Crippen LogP contribution in [0.15, 0.2) is 22.7 Å². The largest absolute Gasteiger partial charge is 0.470 e. The van der Waals surface area contributed by atoms with Crippen molar-refractivity contribution >= 4 is 22.6 Å². The summed E-state index contributed by atoms with van der Waals surface area (Å²) in [4.78, 5) is 2.46. The van der Waals surface area contributed by atoms with Crippen molar-refractivity contribution in [2.45, 2.75) is 18.9 Å². The summed E-state index contributed by atoms with van der Waals surface area (Å²) < 4.78 is 11.4. The molecule has 3 aliphatic rings. The second kappa shape index (κ2) is 4.39. The number of aromatic nitrogens is 1. The van der Waals surface area contributed by atoms with Gasteiger partial charge in [-0.3, -0.25) is 4.90 Å². The lowest BCUT2D eigenvalue weighted by Gasteiger charge is -2.43. The Kier molecular flexibility index (Phi) is 2.67. The Hall–Kier alpha value is -1.26. The van der Waals surface area contributed by atoms with E-state index < -0.39 is 0 Å². The van der Waals surface area contributed by atoms with Gasteiger partial charge >= 0.3 is 0 Å². The van der Waals surface area contributed by atoms with Gasteiger partial charge in [-0.25, -0.2) is 0 Å². The molecule has 100 valence electrons. The average Bonchev–Trinajstić information content (AvgIpc) is 2.82. The SMILES string of the molecule is Clc1ccc2c(OC3CN4CCC3CC4)noc2c1. The predicted molar refractivity (Wildman–Crippen MR) is 72.6 cm³/mol. The molecule has 5 heteroatoms. The summed E-state index contributed by atoms with van der Waals surface area (Å²) in [6.07, 6.45) is 2.70. The van der Waals surface area contributed by atoms with Crippen LogP contribution in [0, 0.1) is 5.92 Å². The highest BCUT2D eigenvalue weighted by Gasteiger charge is 2.36. The Morgan fingerprint density at radius 3 is 2.89 bits per heavy atom. The molecule has 2 aromatic rings. The third kappa shape index (κ3) is 1.99. The second-order valence-corrected chi connectivity index (χ2v) is 5.86. The number of halogens is 1. The van der Waals surface area contributed by atoms with Gasteiger partial charge in [-0.15, -0.1) is 0 Å². The molecular formula is C14H15ClN2O2. The van der Waals surface area contributed by atoms with E-state index in [9.17, 15) is 0 Å². The van der Waals surface area contributed by atoms with Gasteiger partial charge in [-0.05, 0) is 49.1 Å². The lowest BCUT2D eigenvalue weighted by atomic mass is 9.86.